The molecule has 0 aliphatic rings. The average Bonchev–Trinajstić information content (AvgIpc) is 2.59. The van der Waals surface area contributed by atoms with E-state index in [1.807, 2.05) is 0 Å². The van der Waals surface area contributed by atoms with Crippen molar-refractivity contribution < 1.29 is 9.59 Å². The van der Waals surface area contributed by atoms with Gasteiger partial charge in [-0.3, -0.25) is 19.1 Å². The van der Waals surface area contributed by atoms with Crippen LogP contribution in [0.5, 0.6) is 0 Å². The summed E-state index contributed by atoms with van der Waals surface area (Å²) in [6, 6.07) is 11.4. The van der Waals surface area contributed by atoms with E-state index in [2.05, 4.69) is 15.7 Å². The smallest absolute Gasteiger partial charge is 0.280 e. The molecule has 1 aromatic heterocycles. The van der Waals surface area contributed by atoms with Crippen molar-refractivity contribution in [2.75, 3.05) is 10.6 Å². The van der Waals surface area contributed by atoms with Gasteiger partial charge in [-0.25, -0.2) is 0 Å². The third kappa shape index (κ3) is 3.57. The van der Waals surface area contributed by atoms with E-state index in [0.29, 0.717) is 27.3 Å². The van der Waals surface area contributed by atoms with Crippen molar-refractivity contribution >= 4 is 45.7 Å². The lowest BCUT2D eigenvalue weighted by molar-refractivity contribution is -0.114. The molecule has 8 heteroatoms. The van der Waals surface area contributed by atoms with Crippen LogP contribution in [0.3, 0.4) is 0 Å². The van der Waals surface area contributed by atoms with Gasteiger partial charge in [0.2, 0.25) is 11.3 Å². The van der Waals surface area contributed by atoms with Crippen molar-refractivity contribution in [2.45, 2.75) is 6.92 Å². The first-order valence-corrected chi connectivity index (χ1v) is 8.08. The fourth-order valence-corrected chi connectivity index (χ4v) is 2.70. The molecular weight excluding hydrogens is 356 g/mol. The van der Waals surface area contributed by atoms with E-state index < -0.39 is 11.3 Å². The molecule has 3 aromatic rings. The van der Waals surface area contributed by atoms with Crippen molar-refractivity contribution in [1.82, 2.24) is 9.78 Å². The Balaban J connectivity index is 1.91. The highest BCUT2D eigenvalue weighted by Crippen LogP contribution is 2.17. The summed E-state index contributed by atoms with van der Waals surface area (Å²) in [6.45, 7) is 1.41. The number of aromatic nitrogens is 2. The van der Waals surface area contributed by atoms with Crippen LogP contribution in [-0.2, 0) is 11.8 Å². The second kappa shape index (κ2) is 6.97. The summed E-state index contributed by atoms with van der Waals surface area (Å²) >= 11 is 5.96. The number of carbonyl (C=O) groups excluding carboxylic acids is 2. The molecule has 0 saturated carbocycles. The molecule has 0 spiro atoms. The van der Waals surface area contributed by atoms with Gasteiger partial charge in [0.05, 0.1) is 10.9 Å². The third-order valence-corrected chi connectivity index (χ3v) is 3.93. The number of anilines is 2. The van der Waals surface area contributed by atoms with Crippen LogP contribution in [0, 0.1) is 0 Å². The summed E-state index contributed by atoms with van der Waals surface area (Å²) in [4.78, 5) is 36.1. The third-order valence-electron chi connectivity index (χ3n) is 3.70. The Morgan fingerprint density at radius 3 is 2.27 bits per heavy atom. The lowest BCUT2D eigenvalue weighted by atomic mass is 10.2. The second-order valence-electron chi connectivity index (χ2n) is 5.68. The van der Waals surface area contributed by atoms with Crippen LogP contribution in [0.25, 0.3) is 10.9 Å². The number of hydrogen-bond donors (Lipinski definition) is 2. The summed E-state index contributed by atoms with van der Waals surface area (Å²) in [6.07, 6.45) is 0. The number of fused-ring (bicyclic) bond motifs is 1. The van der Waals surface area contributed by atoms with Crippen LogP contribution in [0.4, 0.5) is 11.4 Å². The zero-order chi connectivity index (χ0) is 18.8. The molecule has 0 atom stereocenters. The molecule has 7 nitrogen and oxygen atoms in total. The minimum absolute atomic E-state index is 0.190. The lowest BCUT2D eigenvalue weighted by Gasteiger charge is -2.09. The van der Waals surface area contributed by atoms with Gasteiger partial charge in [0.25, 0.3) is 5.91 Å². The lowest BCUT2D eigenvalue weighted by Crippen LogP contribution is -2.26. The number of carbonyl (C=O) groups is 2. The molecule has 26 heavy (non-hydrogen) atoms. The van der Waals surface area contributed by atoms with Gasteiger partial charge in [-0.2, -0.15) is 5.10 Å². The van der Waals surface area contributed by atoms with Gasteiger partial charge in [0.15, 0.2) is 5.69 Å². The summed E-state index contributed by atoms with van der Waals surface area (Å²) in [5.41, 5.74) is 0.931. The van der Waals surface area contributed by atoms with Crippen LogP contribution in [-0.4, -0.2) is 21.6 Å². The normalized spacial score (nSPS) is 10.6. The summed E-state index contributed by atoms with van der Waals surface area (Å²) in [5.74, 6) is -0.816. The van der Waals surface area contributed by atoms with Gasteiger partial charge in [-0.1, -0.05) is 11.6 Å². The average molecular weight is 371 g/mol. The van der Waals surface area contributed by atoms with E-state index in [-0.39, 0.29) is 11.6 Å². The van der Waals surface area contributed by atoms with Gasteiger partial charge >= 0.3 is 0 Å². The van der Waals surface area contributed by atoms with E-state index in [1.54, 1.807) is 43.4 Å². The first kappa shape index (κ1) is 17.6. The Morgan fingerprint density at radius 2 is 1.65 bits per heavy atom. The second-order valence-corrected chi connectivity index (χ2v) is 6.11. The maximum absolute atomic E-state index is 12.6. The molecule has 0 bridgehead atoms. The van der Waals surface area contributed by atoms with Gasteiger partial charge < -0.3 is 10.6 Å². The summed E-state index contributed by atoms with van der Waals surface area (Å²) < 4.78 is 1.46. The molecule has 0 saturated heterocycles. The number of nitrogens with zero attached hydrogens (tertiary/aromatic N) is 2. The Labute approximate surface area is 153 Å². The van der Waals surface area contributed by atoms with Crippen LogP contribution in [0.2, 0.25) is 5.02 Å². The number of hydrogen-bond acceptors (Lipinski definition) is 4. The van der Waals surface area contributed by atoms with Gasteiger partial charge in [-0.15, -0.1) is 0 Å². The maximum atomic E-state index is 12.6. The molecule has 1 heterocycles. The van der Waals surface area contributed by atoms with Crippen LogP contribution < -0.4 is 16.1 Å². The molecule has 0 unspecified atom stereocenters. The molecule has 0 radical (unpaired) electrons. The molecule has 0 fully saturated rings. The quantitative estimate of drug-likeness (QED) is 0.741. The molecule has 2 amide bonds. The van der Waals surface area contributed by atoms with E-state index in [1.165, 1.54) is 17.7 Å². The van der Waals surface area contributed by atoms with E-state index in [0.717, 1.165) is 0 Å². The van der Waals surface area contributed by atoms with Gasteiger partial charge in [-0.05, 0) is 42.5 Å². The molecule has 132 valence electrons. The van der Waals surface area contributed by atoms with Crippen LogP contribution >= 0.6 is 11.6 Å². The van der Waals surface area contributed by atoms with Crippen molar-refractivity contribution in [3.8, 4) is 0 Å². The first-order chi connectivity index (χ1) is 12.3. The monoisotopic (exact) mass is 370 g/mol. The highest BCUT2D eigenvalue weighted by Gasteiger charge is 2.17. The number of amides is 2. The molecule has 0 aliphatic carbocycles. The first-order valence-electron chi connectivity index (χ1n) is 7.71. The Hall–Kier alpha value is -3.19. The van der Waals surface area contributed by atoms with Crippen molar-refractivity contribution in [3.05, 3.63) is 63.4 Å². The maximum Gasteiger partial charge on any atom is 0.280 e. The van der Waals surface area contributed by atoms with Crippen LogP contribution in [0.15, 0.2) is 47.3 Å². The van der Waals surface area contributed by atoms with E-state index in [4.69, 9.17) is 11.6 Å². The van der Waals surface area contributed by atoms with Gasteiger partial charge in [0.1, 0.15) is 0 Å². The van der Waals surface area contributed by atoms with Crippen molar-refractivity contribution in [3.63, 3.8) is 0 Å². The predicted octanol–water partition coefficient (Wildman–Crippen LogP) is 2.80. The summed E-state index contributed by atoms with van der Waals surface area (Å²) in [5, 5.41) is 10.1. The zero-order valence-corrected chi connectivity index (χ0v) is 14.8. The topological polar surface area (TPSA) is 93.1 Å². The Kier molecular flexibility index (Phi) is 4.73. The van der Waals surface area contributed by atoms with E-state index in [9.17, 15) is 14.4 Å². The molecule has 3 rings (SSSR count). The molecule has 2 N–H and O–H groups in total. The van der Waals surface area contributed by atoms with Crippen LogP contribution in [0.1, 0.15) is 17.4 Å². The van der Waals surface area contributed by atoms with E-state index >= 15 is 0 Å². The molecule has 2 aromatic carbocycles. The van der Waals surface area contributed by atoms with Gasteiger partial charge in [0, 0.05) is 30.4 Å². The fourth-order valence-electron chi connectivity index (χ4n) is 2.53. The number of halogens is 1. The SMILES string of the molecule is CC(=O)Nc1ccc(NC(=O)c2nn(C)c3ccc(Cl)cc3c2=O)cc1. The zero-order valence-electron chi connectivity index (χ0n) is 14.0. The number of benzene rings is 2. The summed E-state index contributed by atoms with van der Waals surface area (Å²) in [7, 11) is 1.65. The largest absolute Gasteiger partial charge is 0.326 e. The highest BCUT2D eigenvalue weighted by atomic mass is 35.5. The predicted molar refractivity (Wildman–Crippen MR) is 101 cm³/mol. The number of rotatable bonds is 3. The Bertz CT molecular complexity index is 1070. The standard InChI is InChI=1S/C18H15ClN4O3/c1-10(24)20-12-4-6-13(7-5-12)21-18(26)16-17(25)14-9-11(19)3-8-15(14)23(2)22-16/h3-9H,1-2H3,(H,20,24)(H,21,26). The molecule has 0 aliphatic heterocycles. The minimum Gasteiger partial charge on any atom is -0.326 e. The van der Waals surface area contributed by atoms with Crippen molar-refractivity contribution in [1.29, 1.82) is 0 Å². The number of aryl methyl sites for hydroxylation is 1. The fraction of sp³-hybridized carbons (Fsp3) is 0.111. The molecular formula is C18H15ClN4O3. The Morgan fingerprint density at radius 1 is 1.04 bits per heavy atom. The van der Waals surface area contributed by atoms with Crippen molar-refractivity contribution in [2.24, 2.45) is 7.05 Å². The highest BCUT2D eigenvalue weighted by molar-refractivity contribution is 6.31. The minimum atomic E-state index is -0.625. The number of nitrogens with one attached hydrogen (secondary N) is 2.